The van der Waals surface area contributed by atoms with Crippen LogP contribution in [0.3, 0.4) is 0 Å². The van der Waals surface area contributed by atoms with Crippen molar-refractivity contribution in [1.82, 2.24) is 14.8 Å². The van der Waals surface area contributed by atoms with Crippen LogP contribution in [-0.2, 0) is 0 Å². The average Bonchev–Trinajstić information content (AvgIpc) is 3.12. The molecule has 1 aromatic carbocycles. The molecule has 1 aromatic heterocycles. The van der Waals surface area contributed by atoms with Crippen LogP contribution < -0.4 is 11.4 Å². The Morgan fingerprint density at radius 2 is 2.26 bits per heavy atom. The highest BCUT2D eigenvalue weighted by molar-refractivity contribution is 9.10. The number of anilines is 1. The molecule has 0 aliphatic heterocycles. The van der Waals surface area contributed by atoms with Crippen molar-refractivity contribution in [3.8, 4) is 0 Å². The fourth-order valence-corrected chi connectivity index (χ4v) is 3.48. The molecule has 3 N–H and O–H groups in total. The molecule has 1 saturated carbocycles. The lowest BCUT2D eigenvalue weighted by atomic mass is 10.2. The van der Waals surface area contributed by atoms with E-state index in [0.29, 0.717) is 11.2 Å². The number of rotatable bonds is 3. The second kappa shape index (κ2) is 4.72. The third-order valence-corrected chi connectivity index (χ3v) is 5.05. The molecular formula is C12H13BrN4OS. The van der Waals surface area contributed by atoms with Crippen molar-refractivity contribution in [2.24, 2.45) is 0 Å². The Balaban J connectivity index is 1.98. The molecule has 100 valence electrons. The second-order valence-electron chi connectivity index (χ2n) is 4.65. The molecule has 3 rings (SSSR count). The number of aromatic nitrogens is 3. The molecule has 5 nitrogen and oxygen atoms in total. The van der Waals surface area contributed by atoms with E-state index in [9.17, 15) is 4.79 Å². The largest absolute Gasteiger partial charge is 0.398 e. The Morgan fingerprint density at radius 1 is 1.53 bits per heavy atom. The van der Waals surface area contributed by atoms with Gasteiger partial charge in [-0.15, -0.1) is 5.10 Å². The van der Waals surface area contributed by atoms with E-state index < -0.39 is 0 Å². The van der Waals surface area contributed by atoms with Crippen LogP contribution in [0, 0.1) is 6.92 Å². The maximum Gasteiger partial charge on any atom is 0.344 e. The molecular weight excluding hydrogens is 328 g/mol. The number of H-pyrrole nitrogens is 1. The summed E-state index contributed by atoms with van der Waals surface area (Å²) >= 11 is 4.97. The maximum atomic E-state index is 11.7. The molecule has 1 aliphatic carbocycles. The van der Waals surface area contributed by atoms with E-state index in [-0.39, 0.29) is 5.69 Å². The summed E-state index contributed by atoms with van der Waals surface area (Å²) in [5.41, 5.74) is 7.49. The Kier molecular flexibility index (Phi) is 3.18. The Bertz CT molecular complexity index is 690. The van der Waals surface area contributed by atoms with Crippen molar-refractivity contribution < 1.29 is 0 Å². The van der Waals surface area contributed by atoms with Crippen LogP contribution in [0.2, 0.25) is 0 Å². The van der Waals surface area contributed by atoms with Gasteiger partial charge in [0.1, 0.15) is 0 Å². The number of aryl methyl sites for hydroxylation is 1. The zero-order valence-corrected chi connectivity index (χ0v) is 12.7. The van der Waals surface area contributed by atoms with Crippen LogP contribution in [0.25, 0.3) is 0 Å². The number of nitrogens with one attached hydrogen (secondary N) is 1. The Morgan fingerprint density at radius 3 is 2.95 bits per heavy atom. The number of hydrogen-bond donors (Lipinski definition) is 2. The third-order valence-electron chi connectivity index (χ3n) is 3.11. The van der Waals surface area contributed by atoms with E-state index >= 15 is 0 Å². The number of halogens is 1. The molecule has 0 amide bonds. The zero-order chi connectivity index (χ0) is 13.6. The van der Waals surface area contributed by atoms with E-state index in [1.165, 1.54) is 11.8 Å². The van der Waals surface area contributed by atoms with Gasteiger partial charge in [0.25, 0.3) is 0 Å². The molecule has 7 heteroatoms. The number of benzene rings is 1. The lowest BCUT2D eigenvalue weighted by Crippen LogP contribution is -2.16. The summed E-state index contributed by atoms with van der Waals surface area (Å²) < 4.78 is 2.65. The molecule has 0 saturated heterocycles. The molecule has 0 radical (unpaired) electrons. The summed E-state index contributed by atoms with van der Waals surface area (Å²) in [4.78, 5) is 12.7. The van der Waals surface area contributed by atoms with Crippen LogP contribution in [0.5, 0.6) is 0 Å². The fraction of sp³-hybridized carbons (Fsp3) is 0.333. The van der Waals surface area contributed by atoms with E-state index in [2.05, 4.69) is 26.1 Å². The van der Waals surface area contributed by atoms with Gasteiger partial charge in [-0.05, 0) is 65.2 Å². The molecule has 0 atom stereocenters. The molecule has 2 aromatic rings. The van der Waals surface area contributed by atoms with E-state index in [1.54, 1.807) is 4.57 Å². The minimum absolute atomic E-state index is 0.131. The summed E-state index contributed by atoms with van der Waals surface area (Å²) in [5, 5.41) is 7.33. The minimum atomic E-state index is -0.131. The minimum Gasteiger partial charge on any atom is -0.398 e. The van der Waals surface area contributed by atoms with Gasteiger partial charge in [-0.25, -0.2) is 9.89 Å². The lowest BCUT2D eigenvalue weighted by molar-refractivity contribution is 0.642. The standard InChI is InChI=1S/C12H13BrN4OS/c1-6-4-10(8(13)5-9(6)14)19-12-16-15-11(18)17(12)7-2-3-7/h4-5,7H,2-3,14H2,1H3,(H,15,18). The first-order valence-corrected chi connectivity index (χ1v) is 7.57. The van der Waals surface area contributed by atoms with Gasteiger partial charge in [-0.3, -0.25) is 4.57 Å². The van der Waals surface area contributed by atoms with Crippen LogP contribution >= 0.6 is 27.7 Å². The molecule has 1 fully saturated rings. The quantitative estimate of drug-likeness (QED) is 0.842. The third kappa shape index (κ3) is 2.44. The van der Waals surface area contributed by atoms with E-state index in [0.717, 1.165) is 33.5 Å². The molecule has 0 spiro atoms. The highest BCUT2D eigenvalue weighted by Gasteiger charge is 2.29. The number of aromatic amines is 1. The fourth-order valence-electron chi connectivity index (χ4n) is 1.86. The van der Waals surface area contributed by atoms with Crippen molar-refractivity contribution in [1.29, 1.82) is 0 Å². The molecule has 1 heterocycles. The maximum absolute atomic E-state index is 11.7. The number of nitrogens with two attached hydrogens (primary N) is 1. The van der Waals surface area contributed by atoms with Gasteiger partial charge < -0.3 is 5.73 Å². The van der Waals surface area contributed by atoms with Gasteiger partial charge in [0.05, 0.1) is 0 Å². The van der Waals surface area contributed by atoms with Crippen molar-refractivity contribution in [2.45, 2.75) is 35.9 Å². The summed E-state index contributed by atoms with van der Waals surface area (Å²) in [6.07, 6.45) is 2.10. The van der Waals surface area contributed by atoms with Crippen LogP contribution in [0.4, 0.5) is 5.69 Å². The van der Waals surface area contributed by atoms with Gasteiger partial charge >= 0.3 is 5.69 Å². The Labute approximate surface area is 122 Å². The summed E-state index contributed by atoms with van der Waals surface area (Å²) in [6, 6.07) is 4.19. The lowest BCUT2D eigenvalue weighted by Gasteiger charge is -2.08. The van der Waals surface area contributed by atoms with Crippen molar-refractivity contribution in [2.75, 3.05) is 5.73 Å². The van der Waals surface area contributed by atoms with Gasteiger partial charge in [-0.1, -0.05) is 0 Å². The van der Waals surface area contributed by atoms with Gasteiger partial charge in [0, 0.05) is 21.1 Å². The van der Waals surface area contributed by atoms with Crippen molar-refractivity contribution in [3.63, 3.8) is 0 Å². The smallest absolute Gasteiger partial charge is 0.344 e. The molecule has 19 heavy (non-hydrogen) atoms. The van der Waals surface area contributed by atoms with Gasteiger partial charge in [0.15, 0.2) is 5.16 Å². The summed E-state index contributed by atoms with van der Waals surface area (Å²) in [5.74, 6) is 0. The van der Waals surface area contributed by atoms with Gasteiger partial charge in [-0.2, -0.15) is 0 Å². The van der Waals surface area contributed by atoms with Crippen LogP contribution in [-0.4, -0.2) is 14.8 Å². The monoisotopic (exact) mass is 340 g/mol. The van der Waals surface area contributed by atoms with Crippen molar-refractivity contribution in [3.05, 3.63) is 32.7 Å². The van der Waals surface area contributed by atoms with Crippen molar-refractivity contribution >= 4 is 33.4 Å². The predicted octanol–water partition coefficient (Wildman–Crippen LogP) is 2.71. The second-order valence-corrected chi connectivity index (χ2v) is 6.52. The number of nitrogen functional groups attached to an aromatic ring is 1. The van der Waals surface area contributed by atoms with Gasteiger partial charge in [0.2, 0.25) is 0 Å². The molecule has 0 bridgehead atoms. The highest BCUT2D eigenvalue weighted by atomic mass is 79.9. The highest BCUT2D eigenvalue weighted by Crippen LogP contribution is 2.40. The molecule has 0 unspecified atom stereocenters. The SMILES string of the molecule is Cc1cc(Sc2n[nH]c(=O)n2C2CC2)c(Br)cc1N. The Hall–Kier alpha value is -1.21. The summed E-state index contributed by atoms with van der Waals surface area (Å²) in [6.45, 7) is 1.96. The first kappa shape index (κ1) is 12.8. The normalized spacial score (nSPS) is 14.8. The zero-order valence-electron chi connectivity index (χ0n) is 10.3. The number of hydrogen-bond acceptors (Lipinski definition) is 4. The first-order chi connectivity index (χ1) is 9.06. The van der Waals surface area contributed by atoms with E-state index in [4.69, 9.17) is 5.73 Å². The van der Waals surface area contributed by atoms with Crippen LogP contribution in [0.15, 0.2) is 31.5 Å². The number of nitrogens with zero attached hydrogens (tertiary/aromatic N) is 2. The van der Waals surface area contributed by atoms with Crippen LogP contribution in [0.1, 0.15) is 24.4 Å². The predicted molar refractivity (Wildman–Crippen MR) is 78.5 cm³/mol. The average molecular weight is 341 g/mol. The first-order valence-electron chi connectivity index (χ1n) is 5.96. The summed E-state index contributed by atoms with van der Waals surface area (Å²) in [7, 11) is 0. The van der Waals surface area contributed by atoms with E-state index in [1.807, 2.05) is 19.1 Å². The molecule has 1 aliphatic rings. The topological polar surface area (TPSA) is 76.7 Å².